The smallest absolute Gasteiger partial charge is 0.232 e. The van der Waals surface area contributed by atoms with E-state index in [1.165, 1.54) is 0 Å². The van der Waals surface area contributed by atoms with E-state index in [0.717, 1.165) is 10.9 Å². The lowest BCUT2D eigenvalue weighted by Crippen LogP contribution is -2.58. The van der Waals surface area contributed by atoms with E-state index in [1.807, 2.05) is 62.9 Å². The number of ether oxygens (including phenoxy) is 1. The Morgan fingerprint density at radius 3 is 2.57 bits per heavy atom. The monoisotopic (exact) mass is 353 g/mol. The predicted octanol–water partition coefficient (Wildman–Crippen LogP) is 3.37. The molecular formula is C17H24BrNO2. The van der Waals surface area contributed by atoms with Gasteiger partial charge in [0.1, 0.15) is 0 Å². The summed E-state index contributed by atoms with van der Waals surface area (Å²) in [4.78, 5) is 15.0. The Hall–Kier alpha value is -0.870. The highest BCUT2D eigenvalue weighted by atomic mass is 79.9. The van der Waals surface area contributed by atoms with Crippen LogP contribution < -0.4 is 0 Å². The van der Waals surface area contributed by atoms with Gasteiger partial charge in [0.2, 0.25) is 5.91 Å². The molecule has 0 radical (unpaired) electrons. The van der Waals surface area contributed by atoms with E-state index >= 15 is 0 Å². The maximum absolute atomic E-state index is 13.0. The van der Waals surface area contributed by atoms with Crippen molar-refractivity contribution in [2.45, 2.75) is 44.8 Å². The number of carbonyl (C=O) groups is 1. The molecule has 0 saturated carbocycles. The highest BCUT2D eigenvalue weighted by Crippen LogP contribution is 2.29. The number of carbonyl (C=O) groups excluding carboxylic acids is 1. The molecule has 0 N–H and O–H groups in total. The fourth-order valence-electron chi connectivity index (χ4n) is 2.90. The van der Waals surface area contributed by atoms with Crippen molar-refractivity contribution >= 4 is 21.8 Å². The minimum Gasteiger partial charge on any atom is -0.368 e. The SMILES string of the molecule is CC1(C)CN(C(=O)C(C)(C)c2ccccc2)CC(CBr)O1. The summed E-state index contributed by atoms with van der Waals surface area (Å²) in [5.41, 5.74) is 0.222. The van der Waals surface area contributed by atoms with E-state index in [0.29, 0.717) is 13.1 Å². The second-order valence-corrected chi connectivity index (χ2v) is 7.48. The van der Waals surface area contributed by atoms with Crippen molar-refractivity contribution in [2.75, 3.05) is 18.4 Å². The predicted molar refractivity (Wildman–Crippen MR) is 88.8 cm³/mol. The molecule has 0 aliphatic carbocycles. The van der Waals surface area contributed by atoms with E-state index in [9.17, 15) is 4.79 Å². The van der Waals surface area contributed by atoms with Gasteiger partial charge in [0.25, 0.3) is 0 Å². The molecule has 1 aliphatic heterocycles. The first kappa shape index (κ1) is 16.5. The number of halogens is 1. The van der Waals surface area contributed by atoms with Crippen molar-refractivity contribution in [3.63, 3.8) is 0 Å². The highest BCUT2D eigenvalue weighted by molar-refractivity contribution is 9.09. The average Bonchev–Trinajstić information content (AvgIpc) is 2.45. The van der Waals surface area contributed by atoms with Gasteiger partial charge in [-0.3, -0.25) is 4.79 Å². The molecule has 4 heteroatoms. The Morgan fingerprint density at radius 2 is 2.00 bits per heavy atom. The molecule has 0 aromatic heterocycles. The molecule has 1 saturated heterocycles. The van der Waals surface area contributed by atoms with Crippen molar-refractivity contribution in [3.05, 3.63) is 35.9 Å². The van der Waals surface area contributed by atoms with Crippen LogP contribution in [0.4, 0.5) is 0 Å². The molecule has 1 amide bonds. The zero-order valence-corrected chi connectivity index (χ0v) is 14.8. The van der Waals surface area contributed by atoms with Gasteiger partial charge in [-0.25, -0.2) is 0 Å². The van der Waals surface area contributed by atoms with Crippen LogP contribution in [-0.2, 0) is 14.9 Å². The van der Waals surface area contributed by atoms with Gasteiger partial charge in [0, 0.05) is 18.4 Å². The summed E-state index contributed by atoms with van der Waals surface area (Å²) in [6, 6.07) is 9.98. The van der Waals surface area contributed by atoms with E-state index in [1.54, 1.807) is 0 Å². The van der Waals surface area contributed by atoms with Gasteiger partial charge in [-0.2, -0.15) is 0 Å². The van der Waals surface area contributed by atoms with Crippen LogP contribution in [0.1, 0.15) is 33.3 Å². The van der Waals surface area contributed by atoms with Gasteiger partial charge in [0.15, 0.2) is 0 Å². The van der Waals surface area contributed by atoms with E-state index in [2.05, 4.69) is 15.9 Å². The van der Waals surface area contributed by atoms with Crippen LogP contribution in [-0.4, -0.2) is 40.9 Å². The van der Waals surface area contributed by atoms with Crippen molar-refractivity contribution in [1.29, 1.82) is 0 Å². The van der Waals surface area contributed by atoms with Crippen LogP contribution in [0.2, 0.25) is 0 Å². The van der Waals surface area contributed by atoms with Gasteiger partial charge < -0.3 is 9.64 Å². The topological polar surface area (TPSA) is 29.5 Å². The maximum Gasteiger partial charge on any atom is 0.232 e. The Kier molecular flexibility index (Phi) is 4.79. The third-order valence-corrected chi connectivity index (χ3v) is 4.69. The van der Waals surface area contributed by atoms with E-state index in [4.69, 9.17) is 4.74 Å². The van der Waals surface area contributed by atoms with Crippen LogP contribution >= 0.6 is 15.9 Å². The van der Waals surface area contributed by atoms with E-state index in [-0.39, 0.29) is 17.6 Å². The molecule has 1 aromatic carbocycles. The van der Waals surface area contributed by atoms with Crippen LogP contribution in [0.3, 0.4) is 0 Å². The summed E-state index contributed by atoms with van der Waals surface area (Å²) >= 11 is 3.47. The molecule has 1 aliphatic rings. The second kappa shape index (κ2) is 6.09. The van der Waals surface area contributed by atoms with Crippen molar-refractivity contribution < 1.29 is 9.53 Å². The number of rotatable bonds is 3. The lowest BCUT2D eigenvalue weighted by atomic mass is 9.82. The summed E-state index contributed by atoms with van der Waals surface area (Å²) in [7, 11) is 0. The van der Waals surface area contributed by atoms with Gasteiger partial charge in [-0.15, -0.1) is 0 Å². The average molecular weight is 354 g/mol. The van der Waals surface area contributed by atoms with Gasteiger partial charge in [-0.1, -0.05) is 46.3 Å². The molecule has 1 heterocycles. The largest absolute Gasteiger partial charge is 0.368 e. The summed E-state index contributed by atoms with van der Waals surface area (Å²) in [6.07, 6.45) is 0.0456. The number of hydrogen-bond acceptors (Lipinski definition) is 2. The number of hydrogen-bond donors (Lipinski definition) is 0. The fourth-order valence-corrected chi connectivity index (χ4v) is 3.24. The molecule has 116 valence electrons. The normalized spacial score (nSPS) is 22.1. The zero-order valence-electron chi connectivity index (χ0n) is 13.2. The molecule has 0 bridgehead atoms. The second-order valence-electron chi connectivity index (χ2n) is 6.83. The first-order chi connectivity index (χ1) is 9.76. The lowest BCUT2D eigenvalue weighted by Gasteiger charge is -2.44. The number of morpholine rings is 1. The van der Waals surface area contributed by atoms with Crippen LogP contribution in [0.25, 0.3) is 0 Å². The molecule has 1 fully saturated rings. The van der Waals surface area contributed by atoms with Gasteiger partial charge >= 0.3 is 0 Å². The number of nitrogens with zero attached hydrogens (tertiary/aromatic N) is 1. The zero-order chi connectivity index (χ0) is 15.7. The highest BCUT2D eigenvalue weighted by Gasteiger charge is 2.40. The molecule has 21 heavy (non-hydrogen) atoms. The molecule has 3 nitrogen and oxygen atoms in total. The Balaban J connectivity index is 2.22. The standard InChI is InChI=1S/C17H24BrNO2/c1-16(2)12-19(11-14(10-18)21-16)15(20)17(3,4)13-8-6-5-7-9-13/h5-9,14H,10-12H2,1-4H3. The number of amides is 1. The molecule has 0 spiro atoms. The number of alkyl halides is 1. The third kappa shape index (κ3) is 3.67. The van der Waals surface area contributed by atoms with Crippen molar-refractivity contribution in [1.82, 2.24) is 4.90 Å². The molecular weight excluding hydrogens is 330 g/mol. The van der Waals surface area contributed by atoms with E-state index < -0.39 is 5.41 Å². The summed E-state index contributed by atoms with van der Waals surface area (Å²) < 4.78 is 5.98. The van der Waals surface area contributed by atoms with Crippen molar-refractivity contribution in [2.24, 2.45) is 0 Å². The van der Waals surface area contributed by atoms with Crippen molar-refractivity contribution in [3.8, 4) is 0 Å². The first-order valence-electron chi connectivity index (χ1n) is 7.35. The minimum atomic E-state index is -0.522. The molecule has 1 unspecified atom stereocenters. The molecule has 1 aromatic rings. The third-order valence-electron chi connectivity index (χ3n) is 3.97. The Bertz CT molecular complexity index is 499. The first-order valence-corrected chi connectivity index (χ1v) is 8.47. The van der Waals surface area contributed by atoms with Gasteiger partial charge in [-0.05, 0) is 33.3 Å². The minimum absolute atomic E-state index is 0.0456. The number of benzene rings is 1. The quantitative estimate of drug-likeness (QED) is 0.779. The van der Waals surface area contributed by atoms with Crippen LogP contribution in [0, 0.1) is 0 Å². The molecule has 1 atom stereocenters. The van der Waals surface area contributed by atoms with Crippen LogP contribution in [0.5, 0.6) is 0 Å². The fraction of sp³-hybridized carbons (Fsp3) is 0.588. The Labute approximate surface area is 135 Å². The maximum atomic E-state index is 13.0. The summed E-state index contributed by atoms with van der Waals surface area (Å²) in [6.45, 7) is 9.34. The lowest BCUT2D eigenvalue weighted by molar-refractivity contribution is -0.161. The van der Waals surface area contributed by atoms with Crippen LogP contribution in [0.15, 0.2) is 30.3 Å². The summed E-state index contributed by atoms with van der Waals surface area (Å²) in [5.74, 6) is 0.163. The molecule has 2 rings (SSSR count). The van der Waals surface area contributed by atoms with Gasteiger partial charge in [0.05, 0.1) is 17.1 Å². The summed E-state index contributed by atoms with van der Waals surface area (Å²) in [5, 5.41) is 0.742. The Morgan fingerprint density at radius 1 is 1.38 bits per heavy atom.